The number of hydrogen-bond acceptors (Lipinski definition) is 5. The number of imide groups is 1. The number of nitrogens with one attached hydrogen (secondary N) is 1. The Morgan fingerprint density at radius 3 is 2.71 bits per heavy atom. The van der Waals surface area contributed by atoms with E-state index in [1.165, 1.54) is 0 Å². The Hall–Kier alpha value is -2.41. The summed E-state index contributed by atoms with van der Waals surface area (Å²) in [4.78, 5) is 37.9. The maximum absolute atomic E-state index is 12.9. The minimum Gasteiger partial charge on any atom is -0.491 e. The molecule has 3 amide bonds. The zero-order chi connectivity index (χ0) is 17.1. The maximum atomic E-state index is 12.9. The summed E-state index contributed by atoms with van der Waals surface area (Å²) < 4.78 is 10.5. The minimum atomic E-state index is -0.712. The van der Waals surface area contributed by atoms with Crippen LogP contribution < -0.4 is 10.1 Å². The lowest BCUT2D eigenvalue weighted by Gasteiger charge is -2.27. The molecule has 7 heteroatoms. The van der Waals surface area contributed by atoms with E-state index in [1.54, 1.807) is 36.3 Å². The van der Waals surface area contributed by atoms with Crippen molar-refractivity contribution in [2.75, 3.05) is 20.3 Å². The number of carbonyl (C=O) groups is 3. The van der Waals surface area contributed by atoms with Crippen LogP contribution in [0.5, 0.6) is 5.75 Å². The average Bonchev–Trinajstić information content (AvgIpc) is 3.34. The smallest absolute Gasteiger partial charge is 0.254 e. The zero-order valence-electron chi connectivity index (χ0n) is 13.5. The van der Waals surface area contributed by atoms with E-state index >= 15 is 0 Å². The number of methoxy groups -OCH3 is 1. The van der Waals surface area contributed by atoms with E-state index in [0.717, 1.165) is 12.8 Å². The van der Waals surface area contributed by atoms with Gasteiger partial charge in [-0.1, -0.05) is 6.07 Å². The van der Waals surface area contributed by atoms with Crippen molar-refractivity contribution < 1.29 is 23.9 Å². The molecule has 1 aromatic carbocycles. The molecule has 2 aliphatic rings. The molecule has 3 rings (SSSR count). The molecule has 1 aliphatic heterocycles. The fourth-order valence-electron chi connectivity index (χ4n) is 2.79. The molecule has 0 radical (unpaired) electrons. The molecule has 24 heavy (non-hydrogen) atoms. The number of carbonyl (C=O) groups excluding carboxylic acids is 3. The fraction of sp³-hybridized carbons (Fsp3) is 0.471. The molecule has 1 saturated heterocycles. The lowest BCUT2D eigenvalue weighted by atomic mass is 10.1. The van der Waals surface area contributed by atoms with E-state index < -0.39 is 11.9 Å². The molecular weight excluding hydrogens is 312 g/mol. The molecule has 0 bridgehead atoms. The predicted octanol–water partition coefficient (Wildman–Crippen LogP) is 0.732. The van der Waals surface area contributed by atoms with Crippen LogP contribution in [0.3, 0.4) is 0 Å². The van der Waals surface area contributed by atoms with Crippen LogP contribution >= 0.6 is 0 Å². The van der Waals surface area contributed by atoms with Crippen LogP contribution in [0.15, 0.2) is 24.3 Å². The molecular formula is C17H20N2O5. The van der Waals surface area contributed by atoms with Crippen LogP contribution in [-0.4, -0.2) is 55.0 Å². The lowest BCUT2D eigenvalue weighted by molar-refractivity contribution is -0.126. The molecule has 1 unspecified atom stereocenters. The zero-order valence-corrected chi connectivity index (χ0v) is 13.5. The lowest BCUT2D eigenvalue weighted by Crippen LogP contribution is -2.45. The van der Waals surface area contributed by atoms with E-state index in [1.807, 2.05) is 0 Å². The second-order valence-electron chi connectivity index (χ2n) is 5.95. The van der Waals surface area contributed by atoms with E-state index in [0.29, 0.717) is 24.5 Å². The highest BCUT2D eigenvalue weighted by Gasteiger charge is 2.44. The summed E-state index contributed by atoms with van der Waals surface area (Å²) in [5, 5.41) is 2.27. The number of rotatable bonds is 7. The van der Waals surface area contributed by atoms with Crippen LogP contribution in [0, 0.1) is 0 Å². The number of benzene rings is 1. The molecule has 1 heterocycles. The largest absolute Gasteiger partial charge is 0.491 e. The molecule has 1 aliphatic carbocycles. The SMILES string of the molecule is COCCOc1cccc(C(=O)N(C2CC2)C2CC(=O)NC2=O)c1. The summed E-state index contributed by atoms with van der Waals surface area (Å²) in [6.45, 7) is 0.844. The van der Waals surface area contributed by atoms with Gasteiger partial charge in [0.25, 0.3) is 5.91 Å². The van der Waals surface area contributed by atoms with Crippen molar-refractivity contribution in [1.82, 2.24) is 10.2 Å². The first-order valence-corrected chi connectivity index (χ1v) is 7.98. The summed E-state index contributed by atoms with van der Waals surface area (Å²) in [5.74, 6) is -0.405. The predicted molar refractivity (Wildman–Crippen MR) is 84.6 cm³/mol. The van der Waals surface area contributed by atoms with Gasteiger partial charge < -0.3 is 14.4 Å². The third-order valence-electron chi connectivity index (χ3n) is 4.09. The first-order valence-electron chi connectivity index (χ1n) is 7.98. The average molecular weight is 332 g/mol. The van der Waals surface area contributed by atoms with Crippen molar-refractivity contribution in [2.24, 2.45) is 0 Å². The Bertz CT molecular complexity index is 656. The van der Waals surface area contributed by atoms with Gasteiger partial charge in [-0.05, 0) is 31.0 Å². The van der Waals surface area contributed by atoms with Gasteiger partial charge in [0.05, 0.1) is 13.0 Å². The summed E-state index contributed by atoms with van der Waals surface area (Å²) in [7, 11) is 1.59. The summed E-state index contributed by atoms with van der Waals surface area (Å²) in [6.07, 6.45) is 1.74. The van der Waals surface area contributed by atoms with Crippen LogP contribution in [0.25, 0.3) is 0 Å². The third-order valence-corrected chi connectivity index (χ3v) is 4.09. The van der Waals surface area contributed by atoms with E-state index in [9.17, 15) is 14.4 Å². The second kappa shape index (κ2) is 7.00. The molecule has 0 aromatic heterocycles. The standard InChI is InChI=1S/C17H20N2O5/c1-23-7-8-24-13-4-2-3-11(9-13)17(22)19(12-5-6-12)14-10-15(20)18-16(14)21/h2-4,9,12,14H,5-8,10H2,1H3,(H,18,20,21). The van der Waals surface area contributed by atoms with Gasteiger partial charge >= 0.3 is 0 Å². The summed E-state index contributed by atoms with van der Waals surface area (Å²) in [6, 6.07) is 6.16. The van der Waals surface area contributed by atoms with Crippen molar-refractivity contribution in [3.63, 3.8) is 0 Å². The fourth-order valence-corrected chi connectivity index (χ4v) is 2.79. The van der Waals surface area contributed by atoms with Crippen LogP contribution in [0.1, 0.15) is 29.6 Å². The highest BCUT2D eigenvalue weighted by Crippen LogP contribution is 2.32. The maximum Gasteiger partial charge on any atom is 0.254 e. The number of amides is 3. The van der Waals surface area contributed by atoms with Crippen molar-refractivity contribution >= 4 is 17.7 Å². The van der Waals surface area contributed by atoms with Gasteiger partial charge in [-0.25, -0.2) is 0 Å². The highest BCUT2D eigenvalue weighted by atomic mass is 16.5. The Balaban J connectivity index is 1.77. The van der Waals surface area contributed by atoms with E-state index in [2.05, 4.69) is 5.32 Å². The summed E-state index contributed by atoms with van der Waals surface area (Å²) >= 11 is 0. The Morgan fingerprint density at radius 1 is 1.29 bits per heavy atom. The van der Waals surface area contributed by atoms with Gasteiger partial charge in [0.2, 0.25) is 11.8 Å². The number of hydrogen-bond donors (Lipinski definition) is 1. The van der Waals surface area contributed by atoms with Gasteiger partial charge in [0.1, 0.15) is 18.4 Å². The van der Waals surface area contributed by atoms with Crippen molar-refractivity contribution in [3.05, 3.63) is 29.8 Å². The molecule has 0 spiro atoms. The van der Waals surface area contributed by atoms with Gasteiger partial charge in [0, 0.05) is 18.7 Å². The Morgan fingerprint density at radius 2 is 2.08 bits per heavy atom. The topological polar surface area (TPSA) is 84.9 Å². The second-order valence-corrected chi connectivity index (χ2v) is 5.95. The molecule has 1 N–H and O–H groups in total. The third kappa shape index (κ3) is 3.56. The quantitative estimate of drug-likeness (QED) is 0.588. The molecule has 1 aromatic rings. The number of nitrogens with zero attached hydrogens (tertiary/aromatic N) is 1. The molecule has 2 fully saturated rings. The van der Waals surface area contributed by atoms with E-state index in [-0.39, 0.29) is 24.3 Å². The summed E-state index contributed by atoms with van der Waals surface area (Å²) in [5.41, 5.74) is 0.448. The molecule has 1 saturated carbocycles. The van der Waals surface area contributed by atoms with Crippen LogP contribution in [0.4, 0.5) is 0 Å². The molecule has 1 atom stereocenters. The normalized spacial score (nSPS) is 20.0. The number of ether oxygens (including phenoxy) is 2. The van der Waals surface area contributed by atoms with Gasteiger partial charge in [-0.3, -0.25) is 19.7 Å². The molecule has 7 nitrogen and oxygen atoms in total. The van der Waals surface area contributed by atoms with Crippen molar-refractivity contribution in [1.29, 1.82) is 0 Å². The highest BCUT2D eigenvalue weighted by molar-refractivity contribution is 6.08. The van der Waals surface area contributed by atoms with Gasteiger partial charge in [-0.15, -0.1) is 0 Å². The minimum absolute atomic E-state index is 0.0252. The Labute approximate surface area is 139 Å². The van der Waals surface area contributed by atoms with Crippen molar-refractivity contribution in [3.8, 4) is 5.75 Å². The van der Waals surface area contributed by atoms with Crippen LogP contribution in [0.2, 0.25) is 0 Å². The molecule has 128 valence electrons. The van der Waals surface area contributed by atoms with Crippen molar-refractivity contribution in [2.45, 2.75) is 31.3 Å². The first-order chi connectivity index (χ1) is 11.6. The van der Waals surface area contributed by atoms with E-state index in [4.69, 9.17) is 9.47 Å². The van der Waals surface area contributed by atoms with Gasteiger partial charge in [-0.2, -0.15) is 0 Å². The first kappa shape index (κ1) is 16.4. The van der Waals surface area contributed by atoms with Gasteiger partial charge in [0.15, 0.2) is 0 Å². The van der Waals surface area contributed by atoms with Crippen LogP contribution in [-0.2, 0) is 14.3 Å². The monoisotopic (exact) mass is 332 g/mol. The Kier molecular flexibility index (Phi) is 4.80.